The van der Waals surface area contributed by atoms with E-state index in [4.69, 9.17) is 4.74 Å². The highest BCUT2D eigenvalue weighted by atomic mass is 16.5. The Kier molecular flexibility index (Phi) is 6.17. The fraction of sp³-hybridized carbons (Fsp3) is 0.852. The van der Waals surface area contributed by atoms with E-state index in [9.17, 15) is 14.7 Å². The van der Waals surface area contributed by atoms with Crippen LogP contribution in [0.2, 0.25) is 0 Å². The van der Waals surface area contributed by atoms with Crippen LogP contribution in [-0.2, 0) is 14.3 Å². The van der Waals surface area contributed by atoms with Crippen molar-refractivity contribution in [3.63, 3.8) is 0 Å². The van der Waals surface area contributed by atoms with Crippen molar-refractivity contribution in [3.8, 4) is 0 Å². The number of ether oxygens (including phenoxy) is 1. The van der Waals surface area contributed by atoms with E-state index in [1.54, 1.807) is 0 Å². The molecule has 4 heteroatoms. The van der Waals surface area contributed by atoms with Gasteiger partial charge in [0.25, 0.3) is 0 Å². The van der Waals surface area contributed by atoms with Crippen LogP contribution >= 0.6 is 0 Å². The van der Waals surface area contributed by atoms with E-state index >= 15 is 0 Å². The summed E-state index contributed by atoms with van der Waals surface area (Å²) < 4.78 is 4.87. The van der Waals surface area contributed by atoms with Crippen LogP contribution in [0.1, 0.15) is 85.5 Å². The molecule has 0 amide bonds. The lowest BCUT2D eigenvalue weighted by Gasteiger charge is -2.61. The zero-order chi connectivity index (χ0) is 22.6. The molecule has 4 saturated carbocycles. The third-order valence-corrected chi connectivity index (χ3v) is 10.5. The van der Waals surface area contributed by atoms with Crippen LogP contribution in [0.4, 0.5) is 0 Å². The Hall–Kier alpha value is -1.16. The number of allylic oxidation sites excluding steroid dienone is 2. The second kappa shape index (κ2) is 8.32. The van der Waals surface area contributed by atoms with Crippen molar-refractivity contribution < 1.29 is 19.4 Å². The fourth-order valence-corrected chi connectivity index (χ4v) is 8.81. The highest BCUT2D eigenvalue weighted by Crippen LogP contribution is 2.68. The maximum Gasteiger partial charge on any atom is 0.305 e. The van der Waals surface area contributed by atoms with Gasteiger partial charge in [0.15, 0.2) is 5.78 Å². The number of rotatable bonds is 4. The third-order valence-electron chi connectivity index (χ3n) is 10.5. The zero-order valence-corrected chi connectivity index (χ0v) is 20.2. The van der Waals surface area contributed by atoms with Gasteiger partial charge >= 0.3 is 5.97 Å². The minimum absolute atomic E-state index is 0.117. The smallest absolute Gasteiger partial charge is 0.305 e. The first-order valence-corrected chi connectivity index (χ1v) is 12.6. The van der Waals surface area contributed by atoms with Crippen LogP contribution < -0.4 is 0 Å². The zero-order valence-electron chi connectivity index (χ0n) is 20.2. The Morgan fingerprint density at radius 2 is 1.84 bits per heavy atom. The van der Waals surface area contributed by atoms with Crippen molar-refractivity contribution in [2.75, 3.05) is 7.11 Å². The molecule has 0 spiro atoms. The summed E-state index contributed by atoms with van der Waals surface area (Å²) in [4.78, 5) is 25.6. The van der Waals surface area contributed by atoms with Crippen LogP contribution in [0.3, 0.4) is 0 Å². The predicted octanol–water partition coefficient (Wildman–Crippen LogP) is 5.33. The molecule has 4 fully saturated rings. The molecule has 31 heavy (non-hydrogen) atoms. The first kappa shape index (κ1) is 23.0. The van der Waals surface area contributed by atoms with Crippen molar-refractivity contribution in [2.45, 2.75) is 91.6 Å². The minimum Gasteiger partial charge on any atom is -0.469 e. The lowest BCUT2D eigenvalue weighted by molar-refractivity contribution is -0.150. The summed E-state index contributed by atoms with van der Waals surface area (Å²) in [5.41, 5.74) is 1.33. The van der Waals surface area contributed by atoms with Crippen LogP contribution in [0, 0.1) is 46.3 Å². The van der Waals surface area contributed by atoms with Gasteiger partial charge in [-0.3, -0.25) is 9.59 Å². The van der Waals surface area contributed by atoms with E-state index in [0.29, 0.717) is 35.9 Å². The fourth-order valence-electron chi connectivity index (χ4n) is 8.81. The van der Waals surface area contributed by atoms with Gasteiger partial charge in [-0.2, -0.15) is 0 Å². The van der Waals surface area contributed by atoms with Gasteiger partial charge < -0.3 is 9.84 Å². The van der Waals surface area contributed by atoms with Crippen molar-refractivity contribution in [3.05, 3.63) is 11.6 Å². The number of carbonyl (C=O) groups excluding carboxylic acids is 2. The molecule has 0 aliphatic heterocycles. The predicted molar refractivity (Wildman–Crippen MR) is 121 cm³/mol. The van der Waals surface area contributed by atoms with Gasteiger partial charge in [0, 0.05) is 12.3 Å². The number of hydrogen-bond donors (Lipinski definition) is 1. The second-order valence-corrected chi connectivity index (χ2v) is 11.7. The Morgan fingerprint density at radius 1 is 1.16 bits per heavy atom. The Morgan fingerprint density at radius 3 is 2.52 bits per heavy atom. The maximum atomic E-state index is 13.9. The number of Topliss-reactive ketones (excluding diaryl/α,β-unsaturated/α-hetero) is 1. The van der Waals surface area contributed by atoms with Gasteiger partial charge in [-0.15, -0.1) is 0 Å². The number of aliphatic hydroxyl groups is 1. The summed E-state index contributed by atoms with van der Waals surface area (Å²) in [6.45, 7) is 9.18. The summed E-state index contributed by atoms with van der Waals surface area (Å²) in [7, 11) is 1.47. The normalized spacial score (nSPS) is 46.8. The number of methoxy groups -OCH3 is 1. The average Bonchev–Trinajstić information content (AvgIpc) is 3.10. The first-order valence-electron chi connectivity index (χ1n) is 12.6. The van der Waals surface area contributed by atoms with E-state index < -0.39 is 0 Å². The molecule has 0 bridgehead atoms. The molecule has 4 nitrogen and oxygen atoms in total. The van der Waals surface area contributed by atoms with Crippen molar-refractivity contribution in [1.29, 1.82) is 0 Å². The molecule has 0 aromatic heterocycles. The molecular formula is C27H42O4. The molecule has 0 aromatic carbocycles. The number of esters is 1. The first-order chi connectivity index (χ1) is 14.7. The molecule has 0 radical (unpaired) electrons. The summed E-state index contributed by atoms with van der Waals surface area (Å²) in [5, 5.41) is 10.4. The van der Waals surface area contributed by atoms with E-state index in [1.165, 1.54) is 20.0 Å². The van der Waals surface area contributed by atoms with Gasteiger partial charge in [-0.05, 0) is 104 Å². The largest absolute Gasteiger partial charge is 0.469 e. The lowest BCUT2D eigenvalue weighted by atomic mass is 9.43. The Balaban J connectivity index is 1.61. The van der Waals surface area contributed by atoms with Crippen LogP contribution in [-0.4, -0.2) is 30.1 Å². The molecule has 174 valence electrons. The van der Waals surface area contributed by atoms with E-state index in [2.05, 4.69) is 26.8 Å². The molecule has 4 aliphatic rings. The Bertz CT molecular complexity index is 756. The lowest BCUT2D eigenvalue weighted by Crippen LogP contribution is -2.58. The van der Waals surface area contributed by atoms with Crippen LogP contribution in [0.5, 0.6) is 0 Å². The number of fused-ring (bicyclic) bond motifs is 5. The Labute approximate surface area is 188 Å². The summed E-state index contributed by atoms with van der Waals surface area (Å²) in [5.74, 6) is 2.57. The van der Waals surface area contributed by atoms with Crippen molar-refractivity contribution in [2.24, 2.45) is 46.3 Å². The van der Waals surface area contributed by atoms with Crippen molar-refractivity contribution >= 4 is 11.8 Å². The molecule has 9 unspecified atom stereocenters. The number of carbonyl (C=O) groups is 2. The summed E-state index contributed by atoms with van der Waals surface area (Å²) in [6.07, 6.45) is 10.4. The average molecular weight is 431 g/mol. The molecule has 9 atom stereocenters. The molecule has 1 N–H and O–H groups in total. The van der Waals surface area contributed by atoms with Gasteiger partial charge in [-0.25, -0.2) is 0 Å². The van der Waals surface area contributed by atoms with Gasteiger partial charge in [0.05, 0.1) is 13.2 Å². The molecule has 4 aliphatic carbocycles. The topological polar surface area (TPSA) is 63.6 Å². The number of hydrogen-bond acceptors (Lipinski definition) is 4. The van der Waals surface area contributed by atoms with E-state index in [1.807, 2.05) is 6.92 Å². The minimum atomic E-state index is -0.266. The van der Waals surface area contributed by atoms with E-state index in [-0.39, 0.29) is 34.7 Å². The SMILES string of the molecule is C/C=C1\C(=O)C2C(CCC3(C)C(C(C)CCC(=O)OC)CCC23)C2(C)CCC(O)CC12. The second-order valence-electron chi connectivity index (χ2n) is 11.7. The van der Waals surface area contributed by atoms with Gasteiger partial charge in [-0.1, -0.05) is 26.8 Å². The summed E-state index contributed by atoms with van der Waals surface area (Å²) in [6, 6.07) is 0. The third kappa shape index (κ3) is 3.52. The van der Waals surface area contributed by atoms with Gasteiger partial charge in [0.2, 0.25) is 0 Å². The molecule has 0 aromatic rings. The molecule has 0 heterocycles. The van der Waals surface area contributed by atoms with E-state index in [0.717, 1.165) is 44.1 Å². The number of ketones is 1. The van der Waals surface area contributed by atoms with Crippen molar-refractivity contribution in [1.82, 2.24) is 0 Å². The van der Waals surface area contributed by atoms with Crippen LogP contribution in [0.25, 0.3) is 0 Å². The molecular weight excluding hydrogens is 388 g/mol. The standard InChI is InChI=1S/C27H42O4/c1-6-18-22-15-17(28)11-13-27(22,4)21-12-14-26(3)19(16(2)7-10-23(29)31-5)8-9-20(26)24(21)25(18)30/h6,16-17,19-22,24,28H,7-15H2,1-5H3/b18-6-. The van der Waals surface area contributed by atoms with Crippen LogP contribution in [0.15, 0.2) is 11.6 Å². The molecule has 0 saturated heterocycles. The number of aliphatic hydroxyl groups excluding tert-OH is 1. The monoisotopic (exact) mass is 430 g/mol. The van der Waals surface area contributed by atoms with Gasteiger partial charge in [0.1, 0.15) is 0 Å². The highest BCUT2D eigenvalue weighted by molar-refractivity contribution is 5.99. The highest BCUT2D eigenvalue weighted by Gasteiger charge is 2.64. The maximum absolute atomic E-state index is 13.9. The summed E-state index contributed by atoms with van der Waals surface area (Å²) >= 11 is 0. The quantitative estimate of drug-likeness (QED) is 0.484. The molecule has 4 rings (SSSR count).